The van der Waals surface area contributed by atoms with Crippen molar-refractivity contribution in [3.63, 3.8) is 0 Å². The quantitative estimate of drug-likeness (QED) is 0.0800. The molecule has 7 heterocycles. The number of hydrogen-bond donors (Lipinski definition) is 6. The van der Waals surface area contributed by atoms with Crippen LogP contribution in [0.5, 0.6) is 0 Å². The SMILES string of the molecule is O=C1c2ccccc2NC2C(=O)c3ccccc3NC12.c1ccc2c(c1)Nc1nc3ccccc3nc1N2.c1ccc2c(c1)Nc1nc3nc4ccccc4nc3nc1N2. The summed E-state index contributed by atoms with van der Waals surface area (Å²) in [7, 11) is 0. The minimum atomic E-state index is -0.535. The molecule has 0 amide bonds. The van der Waals surface area contributed by atoms with E-state index < -0.39 is 12.1 Å². The first-order valence-electron chi connectivity index (χ1n) is 19.3. The fraction of sp³-hybridized carbons (Fsp3) is 0.0435. The molecule has 0 aliphatic carbocycles. The molecule has 0 fully saturated rings. The third-order valence-electron chi connectivity index (χ3n) is 10.5. The second-order valence-corrected chi connectivity index (χ2v) is 14.3. The maximum absolute atomic E-state index is 12.6. The number of carbonyl (C=O) groups excluding carboxylic acids is 2. The Bertz CT molecular complexity index is 3000. The van der Waals surface area contributed by atoms with Crippen molar-refractivity contribution in [2.45, 2.75) is 12.1 Å². The van der Waals surface area contributed by atoms with Gasteiger partial charge in [0.15, 0.2) is 34.8 Å². The van der Waals surface area contributed by atoms with Crippen LogP contribution in [0.15, 0.2) is 146 Å². The molecule has 60 heavy (non-hydrogen) atoms. The van der Waals surface area contributed by atoms with Gasteiger partial charge >= 0.3 is 0 Å². The van der Waals surface area contributed by atoms with Crippen molar-refractivity contribution in [2.24, 2.45) is 0 Å². The molecule has 6 N–H and O–H groups in total. The van der Waals surface area contributed by atoms with Crippen molar-refractivity contribution >= 4 is 102 Å². The molecular weight excluding hydrogens is 753 g/mol. The Labute approximate surface area is 341 Å². The molecule has 0 spiro atoms. The minimum Gasteiger partial charge on any atom is -0.372 e. The van der Waals surface area contributed by atoms with E-state index in [1.165, 1.54) is 0 Å². The second-order valence-electron chi connectivity index (χ2n) is 14.3. The number of Topliss-reactive ketones (excluding diaryl/α,β-unsaturated/α-hetero) is 2. The Morgan fingerprint density at radius 3 is 0.967 bits per heavy atom. The van der Waals surface area contributed by atoms with E-state index in [0.29, 0.717) is 34.1 Å². The molecule has 0 bridgehead atoms. The van der Waals surface area contributed by atoms with Crippen LogP contribution in [0.3, 0.4) is 0 Å². The van der Waals surface area contributed by atoms with Crippen LogP contribution in [0.4, 0.5) is 57.4 Å². The molecule has 4 aliphatic rings. The average Bonchev–Trinajstić information content (AvgIpc) is 3.29. The van der Waals surface area contributed by atoms with Crippen LogP contribution in [0.1, 0.15) is 20.7 Å². The fourth-order valence-electron chi connectivity index (χ4n) is 7.63. The normalized spacial score (nSPS) is 15.9. The van der Waals surface area contributed by atoms with Gasteiger partial charge in [0.25, 0.3) is 0 Å². The first-order chi connectivity index (χ1) is 29.5. The van der Waals surface area contributed by atoms with Gasteiger partial charge < -0.3 is 31.9 Å². The number of nitrogens with zero attached hydrogens (tertiary/aromatic N) is 6. The lowest BCUT2D eigenvalue weighted by Gasteiger charge is -2.37. The van der Waals surface area contributed by atoms with Gasteiger partial charge in [-0.15, -0.1) is 0 Å². The summed E-state index contributed by atoms with van der Waals surface area (Å²) in [6.07, 6.45) is 0. The Morgan fingerprint density at radius 2 is 0.600 bits per heavy atom. The fourth-order valence-corrected chi connectivity index (χ4v) is 7.63. The summed E-state index contributed by atoms with van der Waals surface area (Å²) in [5, 5.41) is 19.5. The van der Waals surface area contributed by atoms with Crippen LogP contribution >= 0.6 is 0 Å². The van der Waals surface area contributed by atoms with Crippen molar-refractivity contribution in [1.82, 2.24) is 29.9 Å². The van der Waals surface area contributed by atoms with Crippen molar-refractivity contribution in [3.8, 4) is 0 Å². The predicted molar refractivity (Wildman–Crippen MR) is 235 cm³/mol. The molecule has 0 saturated carbocycles. The van der Waals surface area contributed by atoms with E-state index in [9.17, 15) is 9.59 Å². The standard InChI is InChI=1S/C16H10N6.C16H12N2O2.C14H10N4/c1-2-6-10-9(5-1)17-13-14(18-10)22-16-15(21-13)19-11-7-3-4-8-12(11)20-16;19-15-9-5-1-3-7-11(9)17-14-13(15)18-12-8-4-2-6-10(12)16(14)20;1-2-6-10-9(5-1)15-13-14(16-10)18-12-8-4-3-7-11(12)17-13/h1-8H,(H,17,19,21)(H,18,20,22);1-8,13-14,17-18H;1-8H,(H,15,17)(H,16,18). The summed E-state index contributed by atoms with van der Waals surface area (Å²) >= 11 is 0. The molecule has 14 heteroatoms. The van der Waals surface area contributed by atoms with Crippen molar-refractivity contribution < 1.29 is 9.59 Å². The van der Waals surface area contributed by atoms with E-state index >= 15 is 0 Å². The van der Waals surface area contributed by atoms with Gasteiger partial charge in [0.05, 0.1) is 44.8 Å². The number of hydrogen-bond acceptors (Lipinski definition) is 14. The topological polar surface area (TPSA) is 184 Å². The Hall–Kier alpha value is -8.52. The first kappa shape index (κ1) is 34.7. The van der Waals surface area contributed by atoms with Crippen LogP contribution in [0, 0.1) is 0 Å². The van der Waals surface area contributed by atoms with E-state index in [1.54, 1.807) is 12.1 Å². The average molecular weight is 785 g/mol. The van der Waals surface area contributed by atoms with E-state index in [4.69, 9.17) is 0 Å². The van der Waals surface area contributed by atoms with Gasteiger partial charge in [-0.3, -0.25) is 9.59 Å². The zero-order chi connectivity index (χ0) is 40.2. The third-order valence-corrected chi connectivity index (χ3v) is 10.5. The zero-order valence-electron chi connectivity index (χ0n) is 31.5. The summed E-state index contributed by atoms with van der Waals surface area (Å²) in [6.45, 7) is 0. The molecule has 288 valence electrons. The summed E-state index contributed by atoms with van der Waals surface area (Å²) in [5.74, 6) is 2.80. The lowest BCUT2D eigenvalue weighted by atomic mass is 9.84. The van der Waals surface area contributed by atoms with Gasteiger partial charge in [-0.1, -0.05) is 72.8 Å². The monoisotopic (exact) mass is 784 g/mol. The summed E-state index contributed by atoms with van der Waals surface area (Å²) in [5.41, 5.74) is 11.2. The van der Waals surface area contributed by atoms with Gasteiger partial charge in [-0.05, 0) is 72.8 Å². The second kappa shape index (κ2) is 14.1. The highest BCUT2D eigenvalue weighted by Gasteiger charge is 2.43. The van der Waals surface area contributed by atoms with Gasteiger partial charge in [-0.25, -0.2) is 29.9 Å². The van der Waals surface area contributed by atoms with Crippen LogP contribution in [-0.2, 0) is 0 Å². The predicted octanol–water partition coefficient (Wildman–Crippen LogP) is 9.14. The summed E-state index contributed by atoms with van der Waals surface area (Å²) < 4.78 is 0. The number of rotatable bonds is 0. The molecule has 0 saturated heterocycles. The Balaban J connectivity index is 0.000000103. The summed E-state index contributed by atoms with van der Waals surface area (Å²) in [6, 6.07) is 45.0. The van der Waals surface area contributed by atoms with Crippen LogP contribution < -0.4 is 31.9 Å². The van der Waals surface area contributed by atoms with E-state index in [0.717, 1.165) is 67.8 Å². The maximum atomic E-state index is 12.6. The molecule has 2 unspecified atom stereocenters. The van der Waals surface area contributed by atoms with E-state index in [-0.39, 0.29) is 11.6 Å². The van der Waals surface area contributed by atoms with Crippen LogP contribution in [0.2, 0.25) is 0 Å². The van der Waals surface area contributed by atoms with Gasteiger partial charge in [0.1, 0.15) is 12.1 Å². The maximum Gasteiger partial charge on any atom is 0.200 e. The number of anilines is 10. The van der Waals surface area contributed by atoms with Crippen LogP contribution in [-0.4, -0.2) is 53.6 Å². The minimum absolute atomic E-state index is 0.0350. The molecule has 14 nitrogen and oxygen atoms in total. The number of aromatic nitrogens is 6. The van der Waals surface area contributed by atoms with Gasteiger partial charge in [0, 0.05) is 22.5 Å². The molecule has 4 aliphatic heterocycles. The number of ketones is 2. The van der Waals surface area contributed by atoms with Crippen molar-refractivity contribution in [3.05, 3.63) is 157 Å². The van der Waals surface area contributed by atoms with Crippen molar-refractivity contribution in [1.29, 1.82) is 0 Å². The molecule has 6 aromatic carbocycles. The van der Waals surface area contributed by atoms with Gasteiger partial charge in [-0.2, -0.15) is 0 Å². The first-order valence-corrected chi connectivity index (χ1v) is 19.3. The number of nitrogens with one attached hydrogen (secondary N) is 6. The Morgan fingerprint density at radius 1 is 0.317 bits per heavy atom. The van der Waals surface area contributed by atoms with E-state index in [2.05, 4.69) is 61.8 Å². The Kier molecular flexibility index (Phi) is 8.18. The molecule has 13 rings (SSSR count). The lowest BCUT2D eigenvalue weighted by molar-refractivity contribution is 0.0876. The third kappa shape index (κ3) is 6.15. The lowest BCUT2D eigenvalue weighted by Crippen LogP contribution is -2.55. The van der Waals surface area contributed by atoms with Crippen LogP contribution in [0.25, 0.3) is 33.4 Å². The summed E-state index contributed by atoms with van der Waals surface area (Å²) in [4.78, 5) is 52.4. The highest BCUT2D eigenvalue weighted by atomic mass is 16.1. The van der Waals surface area contributed by atoms with E-state index in [1.807, 2.05) is 133 Å². The largest absolute Gasteiger partial charge is 0.372 e. The highest BCUT2D eigenvalue weighted by molar-refractivity contribution is 6.19. The molecule has 9 aromatic rings. The van der Waals surface area contributed by atoms with Gasteiger partial charge in [0.2, 0.25) is 11.3 Å². The molecule has 2 atom stereocenters. The molecule has 3 aromatic heterocycles. The highest BCUT2D eigenvalue weighted by Crippen LogP contribution is 2.38. The zero-order valence-corrected chi connectivity index (χ0v) is 31.5. The molecular formula is C46H32N12O2. The molecule has 0 radical (unpaired) electrons. The number of benzene rings is 6. The number of fused-ring (bicyclic) bond motifs is 10. The smallest absolute Gasteiger partial charge is 0.200 e. The number of para-hydroxylation sites is 10. The number of carbonyl (C=O) groups is 2. The van der Waals surface area contributed by atoms with Crippen molar-refractivity contribution in [2.75, 3.05) is 31.9 Å².